The molecule has 1 aliphatic rings. The molecule has 1 aliphatic heterocycles. The van der Waals surface area contributed by atoms with E-state index in [0.717, 1.165) is 31.3 Å². The fourth-order valence-corrected chi connectivity index (χ4v) is 3.00. The summed E-state index contributed by atoms with van der Waals surface area (Å²) in [5.41, 5.74) is 0. The van der Waals surface area contributed by atoms with Crippen LogP contribution in [0, 0.1) is 5.82 Å². The predicted molar refractivity (Wildman–Crippen MR) is 82.7 cm³/mol. The third-order valence-electron chi connectivity index (χ3n) is 3.33. The van der Waals surface area contributed by atoms with Gasteiger partial charge in [-0.25, -0.2) is 14.4 Å². The van der Waals surface area contributed by atoms with E-state index in [1.807, 2.05) is 17.2 Å². The topological polar surface area (TPSA) is 57.2 Å². The molecule has 0 radical (unpaired) electrons. The van der Waals surface area contributed by atoms with E-state index in [0.29, 0.717) is 18.3 Å². The normalized spacial score (nSPS) is 15.3. The first kappa shape index (κ1) is 14.0. The van der Waals surface area contributed by atoms with Gasteiger partial charge in [-0.05, 0) is 6.92 Å². The van der Waals surface area contributed by atoms with Gasteiger partial charge in [0, 0.05) is 44.3 Å². The average Bonchev–Trinajstić information content (AvgIpc) is 3.04. The number of aromatic nitrogens is 3. The molecular weight excluding hydrogens is 291 g/mol. The Morgan fingerprint density at radius 2 is 2.00 bits per heavy atom. The van der Waals surface area contributed by atoms with Crippen molar-refractivity contribution >= 4 is 28.2 Å². The summed E-state index contributed by atoms with van der Waals surface area (Å²) in [6.45, 7) is 5.74. The second kappa shape index (κ2) is 6.21. The molecule has 0 spiro atoms. The molecule has 6 nitrogen and oxygen atoms in total. The summed E-state index contributed by atoms with van der Waals surface area (Å²) in [5, 5.41) is 6.00. The molecule has 1 saturated heterocycles. The number of thiazole rings is 1. The Morgan fingerprint density at radius 3 is 2.67 bits per heavy atom. The monoisotopic (exact) mass is 308 g/mol. The first-order valence-corrected chi connectivity index (χ1v) is 7.81. The minimum atomic E-state index is -0.376. The van der Waals surface area contributed by atoms with Crippen LogP contribution in [-0.2, 0) is 0 Å². The SMILES string of the molecule is CCNc1ncc(F)c(N2CCN(c3nccs3)CC2)n1. The highest BCUT2D eigenvalue weighted by molar-refractivity contribution is 7.13. The number of rotatable bonds is 4. The van der Waals surface area contributed by atoms with Crippen LogP contribution in [0.3, 0.4) is 0 Å². The quantitative estimate of drug-likeness (QED) is 0.930. The maximum atomic E-state index is 13.9. The smallest absolute Gasteiger partial charge is 0.224 e. The summed E-state index contributed by atoms with van der Waals surface area (Å²) in [7, 11) is 0. The standard InChI is InChI=1S/C13H17FN6S/c1-2-15-12-17-9-10(14)11(18-12)19-4-6-20(7-5-19)13-16-3-8-21-13/h3,8-9H,2,4-7H2,1H3,(H,15,17,18). The van der Waals surface area contributed by atoms with Crippen LogP contribution in [0.2, 0.25) is 0 Å². The number of piperazine rings is 1. The summed E-state index contributed by atoms with van der Waals surface area (Å²) in [4.78, 5) is 16.7. The summed E-state index contributed by atoms with van der Waals surface area (Å²) in [6, 6.07) is 0. The number of hydrogen-bond acceptors (Lipinski definition) is 7. The zero-order chi connectivity index (χ0) is 14.7. The molecule has 8 heteroatoms. The van der Waals surface area contributed by atoms with Crippen LogP contribution in [0.4, 0.5) is 21.3 Å². The molecule has 3 rings (SSSR count). The number of nitrogens with zero attached hydrogens (tertiary/aromatic N) is 5. The van der Waals surface area contributed by atoms with Gasteiger partial charge in [0.2, 0.25) is 5.95 Å². The maximum Gasteiger partial charge on any atom is 0.224 e. The van der Waals surface area contributed by atoms with Gasteiger partial charge < -0.3 is 15.1 Å². The van der Waals surface area contributed by atoms with E-state index in [4.69, 9.17) is 0 Å². The second-order valence-electron chi connectivity index (χ2n) is 4.68. The van der Waals surface area contributed by atoms with Gasteiger partial charge in [0.25, 0.3) is 0 Å². The summed E-state index contributed by atoms with van der Waals surface area (Å²) in [6.07, 6.45) is 3.03. The van der Waals surface area contributed by atoms with E-state index < -0.39 is 0 Å². The average molecular weight is 308 g/mol. The lowest BCUT2D eigenvalue weighted by molar-refractivity contribution is 0.583. The first-order chi connectivity index (χ1) is 10.3. The van der Waals surface area contributed by atoms with Crippen LogP contribution in [0.15, 0.2) is 17.8 Å². The number of halogens is 1. The molecule has 2 aromatic rings. The molecule has 0 bridgehead atoms. The van der Waals surface area contributed by atoms with Gasteiger partial charge in [-0.3, -0.25) is 0 Å². The molecule has 0 atom stereocenters. The molecule has 2 aromatic heterocycles. The van der Waals surface area contributed by atoms with Crippen molar-refractivity contribution in [1.29, 1.82) is 0 Å². The van der Waals surface area contributed by atoms with E-state index in [1.54, 1.807) is 17.5 Å². The minimum Gasteiger partial charge on any atom is -0.354 e. The minimum absolute atomic E-state index is 0.375. The Morgan fingerprint density at radius 1 is 1.24 bits per heavy atom. The van der Waals surface area contributed by atoms with Crippen molar-refractivity contribution in [3.8, 4) is 0 Å². The van der Waals surface area contributed by atoms with E-state index in [1.165, 1.54) is 6.20 Å². The number of hydrogen-bond donors (Lipinski definition) is 1. The molecule has 3 heterocycles. The third-order valence-corrected chi connectivity index (χ3v) is 4.16. The highest BCUT2D eigenvalue weighted by atomic mass is 32.1. The van der Waals surface area contributed by atoms with Gasteiger partial charge in [0.15, 0.2) is 16.8 Å². The lowest BCUT2D eigenvalue weighted by Gasteiger charge is -2.35. The maximum absolute atomic E-state index is 13.9. The van der Waals surface area contributed by atoms with Crippen molar-refractivity contribution in [3.63, 3.8) is 0 Å². The van der Waals surface area contributed by atoms with Crippen LogP contribution < -0.4 is 15.1 Å². The van der Waals surface area contributed by atoms with E-state index in [2.05, 4.69) is 25.2 Å². The fourth-order valence-electron chi connectivity index (χ4n) is 2.30. The van der Waals surface area contributed by atoms with Crippen molar-refractivity contribution in [2.45, 2.75) is 6.92 Å². The molecular formula is C13H17FN6S. The van der Waals surface area contributed by atoms with Crippen LogP contribution in [0.5, 0.6) is 0 Å². The van der Waals surface area contributed by atoms with Gasteiger partial charge >= 0.3 is 0 Å². The van der Waals surface area contributed by atoms with Crippen molar-refractivity contribution in [2.24, 2.45) is 0 Å². The zero-order valence-corrected chi connectivity index (χ0v) is 12.6. The third kappa shape index (κ3) is 3.05. The molecule has 112 valence electrons. The van der Waals surface area contributed by atoms with Crippen LogP contribution >= 0.6 is 11.3 Å². The Labute approximate surface area is 126 Å². The number of anilines is 3. The molecule has 1 fully saturated rings. The van der Waals surface area contributed by atoms with Crippen LogP contribution in [0.25, 0.3) is 0 Å². The Kier molecular flexibility index (Phi) is 4.14. The van der Waals surface area contributed by atoms with E-state index in [-0.39, 0.29) is 5.82 Å². The first-order valence-electron chi connectivity index (χ1n) is 6.93. The molecule has 21 heavy (non-hydrogen) atoms. The largest absolute Gasteiger partial charge is 0.354 e. The number of nitrogens with one attached hydrogen (secondary N) is 1. The second-order valence-corrected chi connectivity index (χ2v) is 5.56. The van der Waals surface area contributed by atoms with Crippen molar-refractivity contribution in [3.05, 3.63) is 23.6 Å². The highest BCUT2D eigenvalue weighted by Crippen LogP contribution is 2.23. The van der Waals surface area contributed by atoms with Gasteiger partial charge in [0.1, 0.15) is 0 Å². The Hall–Kier alpha value is -1.96. The van der Waals surface area contributed by atoms with Gasteiger partial charge in [-0.1, -0.05) is 0 Å². The van der Waals surface area contributed by atoms with E-state index >= 15 is 0 Å². The van der Waals surface area contributed by atoms with Crippen LogP contribution in [-0.4, -0.2) is 47.7 Å². The molecule has 0 aliphatic carbocycles. The molecule has 0 unspecified atom stereocenters. The predicted octanol–water partition coefficient (Wildman–Crippen LogP) is 1.83. The highest BCUT2D eigenvalue weighted by Gasteiger charge is 2.22. The Balaban J connectivity index is 1.70. The summed E-state index contributed by atoms with van der Waals surface area (Å²) in [5.74, 6) is 0.468. The van der Waals surface area contributed by atoms with Crippen LogP contribution in [0.1, 0.15) is 6.92 Å². The Bertz CT molecular complexity index is 582. The molecule has 0 saturated carbocycles. The summed E-state index contributed by atoms with van der Waals surface area (Å²) < 4.78 is 13.9. The summed E-state index contributed by atoms with van der Waals surface area (Å²) >= 11 is 1.63. The van der Waals surface area contributed by atoms with E-state index in [9.17, 15) is 4.39 Å². The zero-order valence-electron chi connectivity index (χ0n) is 11.8. The van der Waals surface area contributed by atoms with Gasteiger partial charge in [-0.15, -0.1) is 11.3 Å². The molecule has 0 aromatic carbocycles. The lowest BCUT2D eigenvalue weighted by atomic mass is 10.3. The fraction of sp³-hybridized carbons (Fsp3) is 0.462. The molecule has 0 amide bonds. The van der Waals surface area contributed by atoms with Gasteiger partial charge in [0.05, 0.1) is 6.20 Å². The lowest BCUT2D eigenvalue weighted by Crippen LogP contribution is -2.47. The molecule has 1 N–H and O–H groups in total. The van der Waals surface area contributed by atoms with Crippen molar-refractivity contribution < 1.29 is 4.39 Å². The van der Waals surface area contributed by atoms with Crippen molar-refractivity contribution in [2.75, 3.05) is 47.8 Å². The van der Waals surface area contributed by atoms with Gasteiger partial charge in [-0.2, -0.15) is 4.98 Å². The van der Waals surface area contributed by atoms with Crippen molar-refractivity contribution in [1.82, 2.24) is 15.0 Å².